The minimum absolute atomic E-state index is 0.0270. The summed E-state index contributed by atoms with van der Waals surface area (Å²) in [6.45, 7) is 0.463. The van der Waals surface area contributed by atoms with E-state index in [1.54, 1.807) is 0 Å². The van der Waals surface area contributed by atoms with Crippen molar-refractivity contribution in [3.05, 3.63) is 29.8 Å². The summed E-state index contributed by atoms with van der Waals surface area (Å²) in [5.74, 6) is 0.0940. The highest BCUT2D eigenvalue weighted by Crippen LogP contribution is 2.23. The summed E-state index contributed by atoms with van der Waals surface area (Å²) in [6.07, 6.45) is 6.09. The minimum atomic E-state index is 0.0270. The Hall–Kier alpha value is -1.55. The second-order valence-electron chi connectivity index (χ2n) is 5.52. The second kappa shape index (κ2) is 7.29. The average molecular weight is 276 g/mol. The Kier molecular flexibility index (Phi) is 5.41. The average Bonchev–Trinajstić information content (AvgIpc) is 2.45. The lowest BCUT2D eigenvalue weighted by molar-refractivity contribution is -0.134. The summed E-state index contributed by atoms with van der Waals surface area (Å²) >= 11 is 0. The molecule has 110 valence electrons. The Labute approximate surface area is 120 Å². The van der Waals surface area contributed by atoms with E-state index in [4.69, 9.17) is 5.73 Å². The van der Waals surface area contributed by atoms with E-state index in [0.717, 1.165) is 18.4 Å². The summed E-state index contributed by atoms with van der Waals surface area (Å²) in [5, 5.41) is 9.21. The van der Waals surface area contributed by atoms with Gasteiger partial charge in [0.2, 0.25) is 5.91 Å². The van der Waals surface area contributed by atoms with Crippen LogP contribution in [0.3, 0.4) is 0 Å². The predicted molar refractivity (Wildman–Crippen MR) is 80.2 cm³/mol. The van der Waals surface area contributed by atoms with E-state index in [1.165, 1.54) is 19.3 Å². The first-order chi connectivity index (χ1) is 9.70. The Bertz CT molecular complexity index is 442. The zero-order valence-electron chi connectivity index (χ0n) is 11.9. The normalized spacial score (nSPS) is 16.1. The third kappa shape index (κ3) is 3.97. The van der Waals surface area contributed by atoms with Crippen molar-refractivity contribution in [1.29, 1.82) is 0 Å². The van der Waals surface area contributed by atoms with Crippen LogP contribution in [0.15, 0.2) is 24.3 Å². The van der Waals surface area contributed by atoms with Crippen LogP contribution in [0.1, 0.15) is 37.7 Å². The van der Waals surface area contributed by atoms with Crippen molar-refractivity contribution in [1.82, 2.24) is 4.90 Å². The molecule has 0 atom stereocenters. The van der Waals surface area contributed by atoms with Gasteiger partial charge in [0, 0.05) is 18.3 Å². The molecule has 1 fully saturated rings. The maximum absolute atomic E-state index is 12.5. The molecule has 20 heavy (non-hydrogen) atoms. The highest BCUT2D eigenvalue weighted by Gasteiger charge is 2.24. The van der Waals surface area contributed by atoms with E-state index in [1.807, 2.05) is 29.2 Å². The van der Waals surface area contributed by atoms with Crippen LogP contribution in [-0.2, 0) is 11.2 Å². The first-order valence-corrected chi connectivity index (χ1v) is 7.45. The molecule has 0 aliphatic heterocycles. The molecule has 2 rings (SSSR count). The molecule has 1 saturated carbocycles. The molecule has 0 aromatic heterocycles. The molecule has 1 aliphatic rings. The fourth-order valence-electron chi connectivity index (χ4n) is 2.99. The summed E-state index contributed by atoms with van der Waals surface area (Å²) in [5.41, 5.74) is 7.37. The summed E-state index contributed by atoms with van der Waals surface area (Å²) in [7, 11) is 0. The smallest absolute Gasteiger partial charge is 0.227 e. The molecule has 1 amide bonds. The van der Waals surface area contributed by atoms with Crippen LogP contribution in [0, 0.1) is 0 Å². The zero-order valence-corrected chi connectivity index (χ0v) is 11.9. The van der Waals surface area contributed by atoms with Crippen LogP contribution in [0.2, 0.25) is 0 Å². The number of nitrogens with two attached hydrogens (primary N) is 1. The number of amides is 1. The summed E-state index contributed by atoms with van der Waals surface area (Å²) in [4.78, 5) is 14.4. The molecular formula is C16H24N2O2. The van der Waals surface area contributed by atoms with E-state index < -0.39 is 0 Å². The number of carbonyl (C=O) groups excluding carboxylic acids is 1. The number of aliphatic hydroxyl groups excluding tert-OH is 1. The summed E-state index contributed by atoms with van der Waals surface area (Å²) in [6, 6.07) is 7.75. The third-order valence-corrected chi connectivity index (χ3v) is 3.98. The maximum atomic E-state index is 12.5. The molecule has 3 N–H and O–H groups in total. The van der Waals surface area contributed by atoms with E-state index in [0.29, 0.717) is 24.7 Å². The van der Waals surface area contributed by atoms with Gasteiger partial charge in [0.05, 0.1) is 13.0 Å². The van der Waals surface area contributed by atoms with Gasteiger partial charge in [0.25, 0.3) is 0 Å². The number of nitrogen functional groups attached to an aromatic ring is 1. The minimum Gasteiger partial charge on any atom is -0.399 e. The van der Waals surface area contributed by atoms with Gasteiger partial charge in [-0.3, -0.25) is 4.79 Å². The fourth-order valence-corrected chi connectivity index (χ4v) is 2.99. The number of hydrogen-bond acceptors (Lipinski definition) is 3. The third-order valence-electron chi connectivity index (χ3n) is 3.98. The molecule has 0 heterocycles. The molecule has 0 radical (unpaired) electrons. The molecule has 1 aliphatic carbocycles. The van der Waals surface area contributed by atoms with Gasteiger partial charge >= 0.3 is 0 Å². The van der Waals surface area contributed by atoms with Gasteiger partial charge in [-0.05, 0) is 30.5 Å². The first-order valence-electron chi connectivity index (χ1n) is 7.45. The van der Waals surface area contributed by atoms with Crippen LogP contribution in [-0.4, -0.2) is 35.1 Å². The topological polar surface area (TPSA) is 66.6 Å². The van der Waals surface area contributed by atoms with Crippen molar-refractivity contribution in [3.8, 4) is 0 Å². The lowest BCUT2D eigenvalue weighted by atomic mass is 9.93. The molecule has 0 spiro atoms. The van der Waals surface area contributed by atoms with Gasteiger partial charge in [-0.15, -0.1) is 0 Å². The number of rotatable bonds is 5. The molecule has 1 aromatic carbocycles. The monoisotopic (exact) mass is 276 g/mol. The molecule has 1 aromatic rings. The van der Waals surface area contributed by atoms with Gasteiger partial charge in [0.15, 0.2) is 0 Å². The number of carbonyl (C=O) groups is 1. The SMILES string of the molecule is Nc1cccc(CC(=O)N(CCO)C2CCCCC2)c1. The van der Waals surface area contributed by atoms with Gasteiger partial charge in [-0.25, -0.2) is 0 Å². The number of benzene rings is 1. The van der Waals surface area contributed by atoms with Crippen LogP contribution in [0.5, 0.6) is 0 Å². The van der Waals surface area contributed by atoms with E-state index in [2.05, 4.69) is 0 Å². The largest absolute Gasteiger partial charge is 0.399 e. The lowest BCUT2D eigenvalue weighted by Crippen LogP contribution is -2.43. The number of aliphatic hydroxyl groups is 1. The molecule has 0 unspecified atom stereocenters. The standard InChI is InChI=1S/C16H24N2O2/c17-14-6-4-5-13(11-14)12-16(20)18(9-10-19)15-7-2-1-3-8-15/h4-6,11,15,19H,1-3,7-10,12,17H2. The van der Waals surface area contributed by atoms with Crippen LogP contribution in [0.4, 0.5) is 5.69 Å². The van der Waals surface area contributed by atoms with Crippen LogP contribution >= 0.6 is 0 Å². The number of nitrogens with zero attached hydrogens (tertiary/aromatic N) is 1. The molecule has 4 heteroatoms. The van der Waals surface area contributed by atoms with E-state index in [-0.39, 0.29) is 12.5 Å². The number of hydrogen-bond donors (Lipinski definition) is 2. The first kappa shape index (κ1) is 14.9. The van der Waals surface area contributed by atoms with Crippen molar-refractivity contribution >= 4 is 11.6 Å². The fraction of sp³-hybridized carbons (Fsp3) is 0.562. The molecule has 0 saturated heterocycles. The van der Waals surface area contributed by atoms with Crippen LogP contribution < -0.4 is 5.73 Å². The van der Waals surface area contributed by atoms with Gasteiger partial charge in [-0.1, -0.05) is 31.4 Å². The van der Waals surface area contributed by atoms with Gasteiger partial charge in [-0.2, -0.15) is 0 Å². The number of anilines is 1. The van der Waals surface area contributed by atoms with Gasteiger partial charge in [0.1, 0.15) is 0 Å². The lowest BCUT2D eigenvalue weighted by Gasteiger charge is -2.34. The van der Waals surface area contributed by atoms with E-state index in [9.17, 15) is 9.90 Å². The van der Waals surface area contributed by atoms with Gasteiger partial charge < -0.3 is 15.7 Å². The van der Waals surface area contributed by atoms with Crippen molar-refractivity contribution < 1.29 is 9.90 Å². The molecule has 0 bridgehead atoms. The molecule has 4 nitrogen and oxygen atoms in total. The zero-order chi connectivity index (χ0) is 14.4. The molecular weight excluding hydrogens is 252 g/mol. The van der Waals surface area contributed by atoms with Crippen molar-refractivity contribution in [2.75, 3.05) is 18.9 Å². The maximum Gasteiger partial charge on any atom is 0.227 e. The van der Waals surface area contributed by atoms with Crippen molar-refractivity contribution in [2.45, 2.75) is 44.6 Å². The highest BCUT2D eigenvalue weighted by molar-refractivity contribution is 5.79. The Morgan fingerprint density at radius 3 is 2.70 bits per heavy atom. The quantitative estimate of drug-likeness (QED) is 0.808. The Balaban J connectivity index is 2.02. The Morgan fingerprint density at radius 2 is 2.05 bits per heavy atom. The Morgan fingerprint density at radius 1 is 1.30 bits per heavy atom. The van der Waals surface area contributed by atoms with Crippen LogP contribution in [0.25, 0.3) is 0 Å². The predicted octanol–water partition coefficient (Wildman–Crippen LogP) is 1.96. The van der Waals surface area contributed by atoms with Crippen molar-refractivity contribution in [3.63, 3.8) is 0 Å². The second-order valence-corrected chi connectivity index (χ2v) is 5.52. The highest BCUT2D eigenvalue weighted by atomic mass is 16.3. The van der Waals surface area contributed by atoms with Crippen molar-refractivity contribution in [2.24, 2.45) is 0 Å². The summed E-state index contributed by atoms with van der Waals surface area (Å²) < 4.78 is 0. The van der Waals surface area contributed by atoms with E-state index >= 15 is 0 Å².